The van der Waals surface area contributed by atoms with Gasteiger partial charge in [-0.3, -0.25) is 5.32 Å². The van der Waals surface area contributed by atoms with Crippen molar-refractivity contribution in [2.24, 2.45) is 4.99 Å². The molecular weight excluding hydrogens is 591 g/mol. The summed E-state index contributed by atoms with van der Waals surface area (Å²) in [7, 11) is 0. The average Bonchev–Trinajstić information content (AvgIpc) is 2.92. The number of fused-ring (bicyclic) bond motifs is 1. The second-order valence-electron chi connectivity index (χ2n) is 11.6. The topological polar surface area (TPSA) is 109 Å². The fourth-order valence-corrected chi connectivity index (χ4v) is 4.61. The van der Waals surface area contributed by atoms with Gasteiger partial charge in [0.15, 0.2) is 0 Å². The Bertz CT molecular complexity index is 1480. The highest BCUT2D eigenvalue weighted by atomic mass is 35.5. The van der Waals surface area contributed by atoms with Gasteiger partial charge in [-0.1, -0.05) is 37.6 Å². The predicted octanol–water partition coefficient (Wildman–Crippen LogP) is 7.57. The highest BCUT2D eigenvalue weighted by Gasteiger charge is 2.26. The maximum atomic E-state index is 12.5. The molecule has 0 bridgehead atoms. The third-order valence-electron chi connectivity index (χ3n) is 5.90. The van der Waals surface area contributed by atoms with Gasteiger partial charge in [-0.2, -0.15) is 0 Å². The van der Waals surface area contributed by atoms with Crippen molar-refractivity contribution in [3.63, 3.8) is 0 Å². The van der Waals surface area contributed by atoms with E-state index in [4.69, 9.17) is 32.7 Å². The first-order chi connectivity index (χ1) is 20.2. The lowest BCUT2D eigenvalue weighted by Crippen LogP contribution is -2.54. The molecule has 2 heterocycles. The summed E-state index contributed by atoms with van der Waals surface area (Å²) in [6.07, 6.45) is -1.50. The van der Waals surface area contributed by atoms with Crippen molar-refractivity contribution in [1.29, 1.82) is 0 Å². The third-order valence-corrected chi connectivity index (χ3v) is 6.30. The van der Waals surface area contributed by atoms with E-state index >= 15 is 0 Å². The molecule has 0 radical (unpaired) electrons. The molecule has 1 saturated heterocycles. The SMILES string of the molecule is CC.CC(C)(C)OC(=O)/N=C(/NC(=O)OC(C)(C)C)N1CCN(c2cccc(-c3nc(Cl)nc4ccc(Cl)cc34)c2)CC1. The Morgan fingerprint density at radius 2 is 1.53 bits per heavy atom. The van der Waals surface area contributed by atoms with Gasteiger partial charge in [0.05, 0.1) is 11.2 Å². The zero-order valence-electron chi connectivity index (χ0n) is 26.0. The van der Waals surface area contributed by atoms with Crippen LogP contribution in [0, 0.1) is 0 Å². The van der Waals surface area contributed by atoms with E-state index in [9.17, 15) is 9.59 Å². The number of guanidine groups is 1. The minimum Gasteiger partial charge on any atom is -0.444 e. The van der Waals surface area contributed by atoms with Crippen molar-refractivity contribution >= 4 is 57.9 Å². The summed E-state index contributed by atoms with van der Waals surface area (Å²) in [4.78, 5) is 42.0. The number of carbonyl (C=O) groups excluding carboxylic acids is 2. The summed E-state index contributed by atoms with van der Waals surface area (Å²) in [5.74, 6) is 0.0841. The lowest BCUT2D eigenvalue weighted by molar-refractivity contribution is 0.0554. The summed E-state index contributed by atoms with van der Waals surface area (Å²) in [6, 6.07) is 13.4. The van der Waals surface area contributed by atoms with Gasteiger partial charge >= 0.3 is 12.2 Å². The Morgan fingerprint density at radius 3 is 2.16 bits per heavy atom. The van der Waals surface area contributed by atoms with Crippen molar-refractivity contribution in [3.8, 4) is 11.3 Å². The number of benzene rings is 2. The number of nitrogens with one attached hydrogen (secondary N) is 1. The summed E-state index contributed by atoms with van der Waals surface area (Å²) in [6.45, 7) is 16.7. The highest BCUT2D eigenvalue weighted by Crippen LogP contribution is 2.32. The van der Waals surface area contributed by atoms with E-state index in [1.807, 2.05) is 55.1 Å². The van der Waals surface area contributed by atoms with Gasteiger partial charge in [-0.25, -0.2) is 19.6 Å². The number of halogens is 2. The summed E-state index contributed by atoms with van der Waals surface area (Å²) >= 11 is 12.5. The molecule has 1 fully saturated rings. The van der Waals surface area contributed by atoms with Crippen LogP contribution in [0.4, 0.5) is 15.3 Å². The van der Waals surface area contributed by atoms with E-state index in [0.717, 1.165) is 16.6 Å². The van der Waals surface area contributed by atoms with Gasteiger partial charge in [0.1, 0.15) is 11.2 Å². The van der Waals surface area contributed by atoms with Crippen LogP contribution in [0.25, 0.3) is 22.2 Å². The van der Waals surface area contributed by atoms with Crippen LogP contribution < -0.4 is 10.2 Å². The largest absolute Gasteiger partial charge is 0.444 e. The molecule has 1 N–H and O–H groups in total. The number of piperazine rings is 1. The molecule has 0 atom stereocenters. The smallest absolute Gasteiger partial charge is 0.437 e. The van der Waals surface area contributed by atoms with Crippen LogP contribution in [0.5, 0.6) is 0 Å². The summed E-state index contributed by atoms with van der Waals surface area (Å²) < 4.78 is 10.7. The monoisotopic (exact) mass is 630 g/mol. The zero-order valence-corrected chi connectivity index (χ0v) is 27.5. The van der Waals surface area contributed by atoms with Crippen LogP contribution in [-0.2, 0) is 9.47 Å². The third kappa shape index (κ3) is 9.96. The molecule has 43 heavy (non-hydrogen) atoms. The molecule has 0 spiro atoms. The number of anilines is 1. The second-order valence-corrected chi connectivity index (χ2v) is 12.3. The average molecular weight is 632 g/mol. The number of ether oxygens (including phenoxy) is 2. The Labute approximate surface area is 263 Å². The molecule has 0 unspecified atom stereocenters. The van der Waals surface area contributed by atoms with E-state index in [-0.39, 0.29) is 11.2 Å². The van der Waals surface area contributed by atoms with E-state index in [1.165, 1.54) is 0 Å². The number of nitrogens with zero attached hydrogens (tertiary/aromatic N) is 5. The fourth-order valence-electron chi connectivity index (χ4n) is 4.26. The first kappa shape index (κ1) is 33.9. The van der Waals surface area contributed by atoms with Gasteiger partial charge in [0.25, 0.3) is 0 Å². The number of aromatic nitrogens is 2. The Hall–Kier alpha value is -3.63. The van der Waals surface area contributed by atoms with Gasteiger partial charge in [0.2, 0.25) is 11.2 Å². The van der Waals surface area contributed by atoms with Crippen molar-refractivity contribution in [2.45, 2.75) is 66.6 Å². The second kappa shape index (κ2) is 14.2. The Balaban J connectivity index is 0.00000248. The molecule has 1 aromatic heterocycles. The van der Waals surface area contributed by atoms with Crippen LogP contribution in [0.15, 0.2) is 47.5 Å². The molecule has 232 valence electrons. The number of rotatable bonds is 2. The predicted molar refractivity (Wildman–Crippen MR) is 173 cm³/mol. The van der Waals surface area contributed by atoms with Crippen molar-refractivity contribution in [3.05, 3.63) is 52.8 Å². The number of aliphatic imine (C=N–C) groups is 1. The Morgan fingerprint density at radius 1 is 0.884 bits per heavy atom. The molecule has 4 rings (SSSR count). The fraction of sp³-hybridized carbons (Fsp3) is 0.452. The van der Waals surface area contributed by atoms with E-state index in [2.05, 4.69) is 25.2 Å². The Kier molecular flexibility index (Phi) is 11.2. The molecule has 2 amide bonds. The van der Waals surface area contributed by atoms with Crippen LogP contribution in [0.2, 0.25) is 10.3 Å². The van der Waals surface area contributed by atoms with E-state index in [1.54, 1.807) is 47.6 Å². The number of hydrogen-bond donors (Lipinski definition) is 1. The number of alkyl carbamates (subject to hydrolysis) is 1. The summed E-state index contributed by atoms with van der Waals surface area (Å²) in [5, 5.41) is 4.18. The van der Waals surface area contributed by atoms with Gasteiger partial charge < -0.3 is 19.3 Å². The normalized spacial score (nSPS) is 14.1. The van der Waals surface area contributed by atoms with E-state index < -0.39 is 23.4 Å². The first-order valence-corrected chi connectivity index (χ1v) is 15.0. The van der Waals surface area contributed by atoms with Gasteiger partial charge in [0, 0.05) is 47.8 Å². The maximum absolute atomic E-state index is 12.5. The first-order valence-electron chi connectivity index (χ1n) is 14.2. The van der Waals surface area contributed by atoms with Crippen LogP contribution in [-0.4, -0.2) is 70.4 Å². The number of hydrogen-bond acceptors (Lipinski definition) is 7. The molecular formula is C31H40Cl2N6O4. The molecule has 0 aliphatic carbocycles. The number of amides is 2. The minimum atomic E-state index is -0.797. The molecule has 3 aromatic rings. The minimum absolute atomic E-state index is 0.0841. The number of carbonyl (C=O) groups is 2. The lowest BCUT2D eigenvalue weighted by atomic mass is 10.1. The molecule has 10 nitrogen and oxygen atoms in total. The van der Waals surface area contributed by atoms with Crippen molar-refractivity contribution in [2.75, 3.05) is 31.1 Å². The van der Waals surface area contributed by atoms with Crippen LogP contribution in [0.1, 0.15) is 55.4 Å². The van der Waals surface area contributed by atoms with Crippen molar-refractivity contribution < 1.29 is 19.1 Å². The van der Waals surface area contributed by atoms with Crippen LogP contribution >= 0.6 is 23.2 Å². The molecule has 2 aromatic carbocycles. The quantitative estimate of drug-likeness (QED) is 0.175. The highest BCUT2D eigenvalue weighted by molar-refractivity contribution is 6.31. The summed E-state index contributed by atoms with van der Waals surface area (Å²) in [5.41, 5.74) is 1.81. The van der Waals surface area contributed by atoms with Gasteiger partial charge in [-0.05, 0) is 83.5 Å². The molecule has 1 aliphatic heterocycles. The zero-order chi connectivity index (χ0) is 31.9. The molecule has 1 aliphatic rings. The van der Waals surface area contributed by atoms with Crippen LogP contribution in [0.3, 0.4) is 0 Å². The van der Waals surface area contributed by atoms with E-state index in [0.29, 0.717) is 42.4 Å². The standard InChI is InChI=1S/C29H34Cl2N6O4.C2H6/c1-28(2,3)40-26(38)34-25(35-27(39)41-29(4,5)6)37-14-12-36(13-15-37)20-9-7-8-18(16-20)23-21-17-19(30)10-11-22(21)32-24(31)33-23;1-2/h7-11,16-17H,12-15H2,1-6H3,(H,34,35,38,39);1-2H3. The molecule has 0 saturated carbocycles. The maximum Gasteiger partial charge on any atom is 0.437 e. The lowest BCUT2D eigenvalue weighted by Gasteiger charge is -2.37. The molecule has 12 heteroatoms. The van der Waals surface area contributed by atoms with Gasteiger partial charge in [-0.15, -0.1) is 4.99 Å². The van der Waals surface area contributed by atoms with Crippen molar-refractivity contribution in [1.82, 2.24) is 20.2 Å².